The highest BCUT2D eigenvalue weighted by molar-refractivity contribution is 6.20. The second-order valence-corrected chi connectivity index (χ2v) is 6.30. The zero-order valence-corrected chi connectivity index (χ0v) is 12.4. The van der Waals surface area contributed by atoms with Crippen LogP contribution in [0.1, 0.15) is 43.8 Å². The summed E-state index contributed by atoms with van der Waals surface area (Å²) in [7, 11) is 0. The monoisotopic (exact) mass is 290 g/mol. The van der Waals surface area contributed by atoms with Crippen LogP contribution in [0, 0.1) is 5.92 Å². The highest BCUT2D eigenvalue weighted by Crippen LogP contribution is 2.30. The zero-order chi connectivity index (χ0) is 14.1. The Kier molecular flexibility index (Phi) is 3.79. The molecule has 20 heavy (non-hydrogen) atoms. The van der Waals surface area contributed by atoms with Crippen molar-refractivity contribution in [2.75, 3.05) is 0 Å². The number of rotatable bonds is 4. The Labute approximate surface area is 123 Å². The summed E-state index contributed by atoms with van der Waals surface area (Å²) in [6.45, 7) is 2.60. The van der Waals surface area contributed by atoms with E-state index in [9.17, 15) is 4.79 Å². The van der Waals surface area contributed by atoms with Gasteiger partial charge in [-0.3, -0.25) is 9.36 Å². The third-order valence-electron chi connectivity index (χ3n) is 4.23. The summed E-state index contributed by atoms with van der Waals surface area (Å²) in [5.74, 6) is 1.46. The minimum atomic E-state index is -0.256. The van der Waals surface area contributed by atoms with Gasteiger partial charge in [0.05, 0.1) is 16.3 Å². The fourth-order valence-corrected chi connectivity index (χ4v) is 2.96. The molecule has 1 aliphatic rings. The molecule has 106 valence electrons. The van der Waals surface area contributed by atoms with Crippen LogP contribution >= 0.6 is 11.6 Å². The number of para-hydroxylation sites is 1. The second-order valence-electron chi connectivity index (χ2n) is 5.65. The van der Waals surface area contributed by atoms with E-state index < -0.39 is 0 Å². The number of benzene rings is 1. The van der Waals surface area contributed by atoms with Crippen molar-refractivity contribution >= 4 is 22.5 Å². The highest BCUT2D eigenvalue weighted by atomic mass is 35.5. The maximum absolute atomic E-state index is 12.6. The minimum absolute atomic E-state index is 0.0393. The van der Waals surface area contributed by atoms with Gasteiger partial charge in [0.1, 0.15) is 5.82 Å². The molecule has 1 atom stereocenters. The lowest BCUT2D eigenvalue weighted by Crippen LogP contribution is -2.27. The molecule has 1 fully saturated rings. The van der Waals surface area contributed by atoms with Gasteiger partial charge < -0.3 is 0 Å². The fraction of sp³-hybridized carbons (Fsp3) is 0.500. The van der Waals surface area contributed by atoms with E-state index in [-0.39, 0.29) is 10.9 Å². The van der Waals surface area contributed by atoms with Gasteiger partial charge in [0.15, 0.2) is 0 Å². The molecule has 1 aromatic heterocycles. The van der Waals surface area contributed by atoms with Gasteiger partial charge in [0.25, 0.3) is 5.56 Å². The summed E-state index contributed by atoms with van der Waals surface area (Å²) < 4.78 is 1.78. The SMILES string of the molecule is CC(Cl)c1nc2ccccc2c(=O)n1CCC1CCC1. The number of alkyl halides is 1. The first kappa shape index (κ1) is 13.6. The number of fused-ring (bicyclic) bond motifs is 1. The Morgan fingerprint density at radius 2 is 2.15 bits per heavy atom. The Morgan fingerprint density at radius 3 is 2.80 bits per heavy atom. The number of hydrogen-bond donors (Lipinski definition) is 0. The van der Waals surface area contributed by atoms with Crippen LogP contribution in [0.15, 0.2) is 29.1 Å². The van der Waals surface area contributed by atoms with Gasteiger partial charge in [-0.05, 0) is 31.4 Å². The maximum atomic E-state index is 12.6. The van der Waals surface area contributed by atoms with Crippen LogP contribution in [0.25, 0.3) is 10.9 Å². The molecular formula is C16H19ClN2O. The minimum Gasteiger partial charge on any atom is -0.295 e. The molecular weight excluding hydrogens is 272 g/mol. The largest absolute Gasteiger partial charge is 0.295 e. The van der Waals surface area contributed by atoms with Gasteiger partial charge in [-0.25, -0.2) is 4.98 Å². The van der Waals surface area contributed by atoms with Gasteiger partial charge in [-0.15, -0.1) is 11.6 Å². The Bertz CT molecular complexity index is 674. The topological polar surface area (TPSA) is 34.9 Å². The van der Waals surface area contributed by atoms with E-state index in [1.54, 1.807) is 4.57 Å². The predicted octanol–water partition coefficient (Wildman–Crippen LogP) is 3.89. The van der Waals surface area contributed by atoms with Crippen molar-refractivity contribution in [2.24, 2.45) is 5.92 Å². The first-order valence-electron chi connectivity index (χ1n) is 7.30. The van der Waals surface area contributed by atoms with E-state index in [1.165, 1.54) is 19.3 Å². The first-order chi connectivity index (χ1) is 9.66. The van der Waals surface area contributed by atoms with Gasteiger partial charge in [0.2, 0.25) is 0 Å². The molecule has 4 heteroatoms. The summed E-state index contributed by atoms with van der Waals surface area (Å²) in [5, 5.41) is 0.427. The average Bonchev–Trinajstić information content (AvgIpc) is 2.39. The molecule has 1 aromatic carbocycles. The summed E-state index contributed by atoms with van der Waals surface area (Å²) >= 11 is 6.22. The van der Waals surface area contributed by atoms with Crippen molar-refractivity contribution in [1.29, 1.82) is 0 Å². The second kappa shape index (κ2) is 5.57. The van der Waals surface area contributed by atoms with E-state index in [4.69, 9.17) is 11.6 Å². The summed E-state index contributed by atoms with van der Waals surface area (Å²) in [6, 6.07) is 7.49. The number of hydrogen-bond acceptors (Lipinski definition) is 2. The molecule has 1 saturated carbocycles. The van der Waals surface area contributed by atoms with Crippen molar-refractivity contribution in [2.45, 2.75) is 44.5 Å². The lowest BCUT2D eigenvalue weighted by Gasteiger charge is -2.26. The average molecular weight is 291 g/mol. The van der Waals surface area contributed by atoms with Crippen LogP contribution in [-0.2, 0) is 6.54 Å². The molecule has 0 aliphatic heterocycles. The molecule has 3 rings (SSSR count). The zero-order valence-electron chi connectivity index (χ0n) is 11.7. The molecule has 1 aliphatic carbocycles. The van der Waals surface area contributed by atoms with E-state index in [1.807, 2.05) is 31.2 Å². The van der Waals surface area contributed by atoms with Crippen LogP contribution in [0.4, 0.5) is 0 Å². The molecule has 0 N–H and O–H groups in total. The lowest BCUT2D eigenvalue weighted by molar-refractivity contribution is 0.279. The molecule has 0 radical (unpaired) electrons. The van der Waals surface area contributed by atoms with E-state index in [0.717, 1.165) is 24.4 Å². The summed E-state index contributed by atoms with van der Waals surface area (Å²) in [6.07, 6.45) is 4.97. The normalized spacial score (nSPS) is 17.1. The smallest absolute Gasteiger partial charge is 0.261 e. The third-order valence-corrected chi connectivity index (χ3v) is 4.43. The van der Waals surface area contributed by atoms with Gasteiger partial charge in [0, 0.05) is 6.54 Å². The lowest BCUT2D eigenvalue weighted by atomic mass is 9.83. The molecule has 0 saturated heterocycles. The highest BCUT2D eigenvalue weighted by Gasteiger charge is 2.20. The van der Waals surface area contributed by atoms with Crippen LogP contribution in [0.2, 0.25) is 0 Å². The van der Waals surface area contributed by atoms with Crippen molar-refractivity contribution < 1.29 is 0 Å². The first-order valence-corrected chi connectivity index (χ1v) is 7.74. The number of nitrogens with zero attached hydrogens (tertiary/aromatic N) is 2. The van der Waals surface area contributed by atoms with E-state index in [0.29, 0.717) is 11.2 Å². The van der Waals surface area contributed by atoms with Crippen LogP contribution in [0.3, 0.4) is 0 Å². The van der Waals surface area contributed by atoms with Gasteiger partial charge in [-0.2, -0.15) is 0 Å². The maximum Gasteiger partial charge on any atom is 0.261 e. The number of halogens is 1. The molecule has 1 heterocycles. The molecule has 1 unspecified atom stereocenters. The third kappa shape index (κ3) is 2.47. The number of aromatic nitrogens is 2. The van der Waals surface area contributed by atoms with Crippen molar-refractivity contribution in [3.8, 4) is 0 Å². The van der Waals surface area contributed by atoms with E-state index in [2.05, 4.69) is 4.98 Å². The molecule has 0 amide bonds. The van der Waals surface area contributed by atoms with Crippen LogP contribution in [0.5, 0.6) is 0 Å². The van der Waals surface area contributed by atoms with Gasteiger partial charge in [-0.1, -0.05) is 31.4 Å². The van der Waals surface area contributed by atoms with Crippen LogP contribution < -0.4 is 5.56 Å². The van der Waals surface area contributed by atoms with Gasteiger partial charge >= 0.3 is 0 Å². The quantitative estimate of drug-likeness (QED) is 0.801. The van der Waals surface area contributed by atoms with Crippen molar-refractivity contribution in [1.82, 2.24) is 9.55 Å². The summed E-state index contributed by atoms with van der Waals surface area (Å²) in [4.78, 5) is 17.2. The summed E-state index contributed by atoms with van der Waals surface area (Å²) in [5.41, 5.74) is 0.775. The standard InChI is InChI=1S/C16H19ClN2O/c1-11(17)15-18-14-8-3-2-7-13(14)16(20)19(15)10-9-12-5-4-6-12/h2-3,7-8,11-12H,4-6,9-10H2,1H3. The fourth-order valence-electron chi connectivity index (χ4n) is 2.80. The predicted molar refractivity (Wildman–Crippen MR) is 82.2 cm³/mol. The molecule has 0 bridgehead atoms. The van der Waals surface area contributed by atoms with Crippen molar-refractivity contribution in [3.05, 3.63) is 40.4 Å². The van der Waals surface area contributed by atoms with Crippen molar-refractivity contribution in [3.63, 3.8) is 0 Å². The molecule has 2 aromatic rings. The Balaban J connectivity index is 2.04. The Hall–Kier alpha value is -1.35. The van der Waals surface area contributed by atoms with E-state index >= 15 is 0 Å². The van der Waals surface area contributed by atoms with Crippen LogP contribution in [-0.4, -0.2) is 9.55 Å². The Morgan fingerprint density at radius 1 is 1.40 bits per heavy atom. The molecule has 3 nitrogen and oxygen atoms in total. The molecule has 0 spiro atoms.